The van der Waals surface area contributed by atoms with Gasteiger partial charge in [0.15, 0.2) is 5.25 Å². The first-order valence-electron chi connectivity index (χ1n) is 12.8. The van der Waals surface area contributed by atoms with Crippen molar-refractivity contribution in [1.29, 1.82) is 0 Å². The van der Waals surface area contributed by atoms with E-state index in [0.29, 0.717) is 16.4 Å². The third-order valence-electron chi connectivity index (χ3n) is 7.26. The molecule has 1 fully saturated rings. The van der Waals surface area contributed by atoms with Crippen molar-refractivity contribution in [2.24, 2.45) is 7.05 Å². The minimum Gasteiger partial charge on any atom is -0.338 e. The predicted molar refractivity (Wildman–Crippen MR) is 161 cm³/mol. The third kappa shape index (κ3) is 5.39. The predicted octanol–water partition coefficient (Wildman–Crippen LogP) is 4.13. The van der Waals surface area contributed by atoms with Gasteiger partial charge in [0.05, 0.1) is 16.9 Å². The fraction of sp³-hybridized carbons (Fsp3) is 0.296. The molecular formula is C27H24F4IN5O5S. The fourth-order valence-electron chi connectivity index (χ4n) is 5.06. The molecule has 1 atom stereocenters. The molecule has 43 heavy (non-hydrogen) atoms. The van der Waals surface area contributed by atoms with E-state index in [-0.39, 0.29) is 33.7 Å². The average molecular weight is 733 g/mol. The van der Waals surface area contributed by atoms with E-state index in [0.717, 1.165) is 38.9 Å². The molecule has 0 radical (unpaired) electrons. The zero-order valence-corrected chi connectivity index (χ0v) is 25.8. The molecule has 0 amide bonds. The van der Waals surface area contributed by atoms with Crippen molar-refractivity contribution in [3.63, 3.8) is 0 Å². The molecule has 4 aromatic rings. The Bertz CT molecular complexity index is 2090. The van der Waals surface area contributed by atoms with E-state index in [1.807, 2.05) is 22.6 Å². The Balaban J connectivity index is 1.90. The molecule has 0 saturated heterocycles. The highest BCUT2D eigenvalue weighted by atomic mass is 127. The molecule has 2 aromatic carbocycles. The quantitative estimate of drug-likeness (QED) is 0.218. The van der Waals surface area contributed by atoms with Gasteiger partial charge in [-0.1, -0.05) is 12.1 Å². The smallest absolute Gasteiger partial charge is 0.338 e. The molecule has 0 spiro atoms. The molecule has 1 aliphatic carbocycles. The summed E-state index contributed by atoms with van der Waals surface area (Å²) in [6, 6.07) is 8.00. The molecule has 2 aromatic heterocycles. The summed E-state index contributed by atoms with van der Waals surface area (Å²) >= 11 is 1.91. The van der Waals surface area contributed by atoms with Crippen molar-refractivity contribution in [3.8, 4) is 5.69 Å². The lowest BCUT2D eigenvalue weighted by molar-refractivity contribution is -0.131. The van der Waals surface area contributed by atoms with Crippen molar-refractivity contribution in [3.05, 3.63) is 94.2 Å². The molecule has 0 aliphatic heterocycles. The first kappa shape index (κ1) is 30.9. The number of fused-ring (bicyclic) bond motifs is 1. The van der Waals surface area contributed by atoms with E-state index >= 15 is 0 Å². The van der Waals surface area contributed by atoms with Crippen LogP contribution in [-0.2, 0) is 17.1 Å². The summed E-state index contributed by atoms with van der Waals surface area (Å²) in [7, 11) is -2.72. The molecule has 10 nitrogen and oxygen atoms in total. The largest absolute Gasteiger partial charge is 0.410 e. The highest BCUT2D eigenvalue weighted by molar-refractivity contribution is 14.1. The summed E-state index contributed by atoms with van der Waals surface area (Å²) in [4.78, 5) is 41.2. The molecule has 1 saturated carbocycles. The van der Waals surface area contributed by atoms with Gasteiger partial charge < -0.3 is 5.32 Å². The lowest BCUT2D eigenvalue weighted by Crippen LogP contribution is -2.41. The van der Waals surface area contributed by atoms with Crippen LogP contribution in [0, 0.1) is 16.3 Å². The van der Waals surface area contributed by atoms with E-state index < -0.39 is 55.7 Å². The van der Waals surface area contributed by atoms with Gasteiger partial charge >= 0.3 is 11.9 Å². The number of sulfonamides is 1. The molecule has 1 unspecified atom stereocenters. The summed E-state index contributed by atoms with van der Waals surface area (Å²) in [5.41, 5.74) is -3.60. The number of hydrogen-bond acceptors (Lipinski definition) is 6. The third-order valence-corrected chi connectivity index (χ3v) is 9.66. The van der Waals surface area contributed by atoms with Crippen LogP contribution in [0.15, 0.2) is 56.8 Å². The Morgan fingerprint density at radius 1 is 1.05 bits per heavy atom. The summed E-state index contributed by atoms with van der Waals surface area (Å²) in [5, 5.41) is -0.351. The standard InChI is InChI=1S/C27H24F4IN5O5S/c1-13-21-20(23(35(3)24(13)38)34-19-10-7-15(32)12-18(19)28)25(39)37(16-8-9-16)26(40)36(21)17-6-4-5-14(11-17)22(27(29,30)31)43(41,42)33-2/h4-7,10-12,16,22,33-34H,8-9H2,1-3H3. The van der Waals surface area contributed by atoms with E-state index in [1.54, 1.807) is 10.8 Å². The number of rotatable bonds is 7. The highest BCUT2D eigenvalue weighted by Gasteiger charge is 2.49. The molecule has 16 heteroatoms. The van der Waals surface area contributed by atoms with Crippen LogP contribution in [0.1, 0.15) is 35.3 Å². The maximum Gasteiger partial charge on any atom is 0.410 e. The Morgan fingerprint density at radius 2 is 1.72 bits per heavy atom. The van der Waals surface area contributed by atoms with E-state index in [4.69, 9.17) is 0 Å². The second-order valence-electron chi connectivity index (χ2n) is 10.1. The maximum absolute atomic E-state index is 14.9. The summed E-state index contributed by atoms with van der Waals surface area (Å²) < 4.78 is 87.2. The summed E-state index contributed by atoms with van der Waals surface area (Å²) in [6.45, 7) is 1.35. The Kier molecular flexibility index (Phi) is 7.83. The van der Waals surface area contributed by atoms with E-state index in [9.17, 15) is 40.4 Å². The summed E-state index contributed by atoms with van der Waals surface area (Å²) in [5.74, 6) is -0.818. The fourth-order valence-corrected chi connectivity index (χ4v) is 6.61. The second kappa shape index (κ2) is 10.9. The normalized spacial score (nSPS) is 14.7. The SMILES string of the molecule is CNS(=O)(=O)C(c1cccc(-n2c(=O)n(C3CC3)c(=O)c3c(Nc4ccc(I)cc4F)n(C)c(=O)c(C)c32)c1)C(F)(F)F. The molecule has 2 heterocycles. The van der Waals surface area contributed by atoms with Gasteiger partial charge in [0.2, 0.25) is 10.0 Å². The van der Waals surface area contributed by atoms with Crippen LogP contribution in [0.25, 0.3) is 16.6 Å². The zero-order valence-electron chi connectivity index (χ0n) is 22.8. The van der Waals surface area contributed by atoms with Crippen molar-refractivity contribution in [1.82, 2.24) is 18.4 Å². The number of benzene rings is 2. The Labute approximate surface area is 255 Å². The van der Waals surface area contributed by atoms with Crippen molar-refractivity contribution < 1.29 is 26.0 Å². The zero-order chi connectivity index (χ0) is 31.6. The first-order chi connectivity index (χ1) is 20.1. The van der Waals surface area contributed by atoms with Crippen LogP contribution < -0.4 is 26.8 Å². The van der Waals surface area contributed by atoms with Gasteiger partial charge in [-0.3, -0.25) is 23.3 Å². The number of aromatic nitrogens is 3. The number of aryl methyl sites for hydroxylation is 1. The minimum absolute atomic E-state index is 0.0667. The topological polar surface area (TPSA) is 124 Å². The number of nitrogens with zero attached hydrogens (tertiary/aromatic N) is 3. The maximum atomic E-state index is 14.9. The van der Waals surface area contributed by atoms with Gasteiger partial charge in [0, 0.05) is 22.2 Å². The van der Waals surface area contributed by atoms with Crippen LogP contribution in [0.2, 0.25) is 0 Å². The minimum atomic E-state index is -5.22. The van der Waals surface area contributed by atoms with E-state index in [2.05, 4.69) is 5.32 Å². The number of pyridine rings is 1. The van der Waals surface area contributed by atoms with Crippen molar-refractivity contribution in [2.45, 2.75) is 37.2 Å². The molecule has 1 aliphatic rings. The molecule has 2 N–H and O–H groups in total. The van der Waals surface area contributed by atoms with Crippen LogP contribution in [0.4, 0.5) is 29.1 Å². The second-order valence-corrected chi connectivity index (χ2v) is 13.3. The van der Waals surface area contributed by atoms with Crippen LogP contribution in [0.3, 0.4) is 0 Å². The van der Waals surface area contributed by atoms with Crippen LogP contribution >= 0.6 is 22.6 Å². The van der Waals surface area contributed by atoms with Gasteiger partial charge in [-0.15, -0.1) is 0 Å². The first-order valence-corrected chi connectivity index (χ1v) is 15.4. The monoisotopic (exact) mass is 733 g/mol. The highest BCUT2D eigenvalue weighted by Crippen LogP contribution is 2.39. The van der Waals surface area contributed by atoms with Gasteiger partial charge in [0.25, 0.3) is 11.1 Å². The van der Waals surface area contributed by atoms with Gasteiger partial charge in [-0.25, -0.2) is 22.3 Å². The Morgan fingerprint density at radius 3 is 2.30 bits per heavy atom. The molecule has 0 bridgehead atoms. The lowest BCUT2D eigenvalue weighted by Gasteiger charge is -2.23. The van der Waals surface area contributed by atoms with Gasteiger partial charge in [-0.05, 0) is 85.3 Å². The van der Waals surface area contributed by atoms with E-state index in [1.165, 1.54) is 32.2 Å². The number of nitrogens with one attached hydrogen (secondary N) is 2. The molecular weight excluding hydrogens is 709 g/mol. The molecule has 5 rings (SSSR count). The van der Waals surface area contributed by atoms with Crippen molar-refractivity contribution >= 4 is 55.0 Å². The van der Waals surface area contributed by atoms with Gasteiger partial charge in [-0.2, -0.15) is 13.2 Å². The van der Waals surface area contributed by atoms with Crippen LogP contribution in [-0.4, -0.2) is 35.3 Å². The number of hydrogen-bond donors (Lipinski definition) is 2. The summed E-state index contributed by atoms with van der Waals surface area (Å²) in [6.07, 6.45) is -4.26. The van der Waals surface area contributed by atoms with Crippen LogP contribution in [0.5, 0.6) is 0 Å². The van der Waals surface area contributed by atoms with Gasteiger partial charge in [0.1, 0.15) is 17.0 Å². The number of alkyl halides is 3. The lowest BCUT2D eigenvalue weighted by atomic mass is 10.1. The Hall–Kier alpha value is -3.51. The number of halogens is 5. The number of anilines is 2. The van der Waals surface area contributed by atoms with Crippen molar-refractivity contribution in [2.75, 3.05) is 12.4 Å². The average Bonchev–Trinajstić information content (AvgIpc) is 3.75. The molecule has 228 valence electrons.